The molecule has 4 aromatic rings. The Morgan fingerprint density at radius 2 is 1.75 bits per heavy atom. The summed E-state index contributed by atoms with van der Waals surface area (Å²) in [6.07, 6.45) is 0. The number of carbonyl (C=O) groups is 1. The number of methoxy groups -OCH3 is 1. The summed E-state index contributed by atoms with van der Waals surface area (Å²) in [7, 11) is 1.46. The van der Waals surface area contributed by atoms with Gasteiger partial charge in [0.15, 0.2) is 0 Å². The van der Waals surface area contributed by atoms with Gasteiger partial charge in [-0.15, -0.1) is 0 Å². The highest BCUT2D eigenvalue weighted by atomic mass is 16.6. The average Bonchev–Trinajstić information content (AvgIpc) is 2.92. The molecule has 5 rings (SSSR count). The molecule has 0 saturated carbocycles. The molecular formula is C27H23N3O6. The van der Waals surface area contributed by atoms with Crippen molar-refractivity contribution in [3.8, 4) is 16.9 Å². The maximum atomic E-state index is 13.3. The van der Waals surface area contributed by atoms with E-state index in [2.05, 4.69) is 0 Å². The molecule has 1 aliphatic heterocycles. The minimum atomic E-state index is -0.465. The smallest absolute Gasteiger partial charge is 0.344 e. The highest BCUT2D eigenvalue weighted by Crippen LogP contribution is 2.33. The predicted octanol–water partition coefficient (Wildman–Crippen LogP) is 4.34. The lowest BCUT2D eigenvalue weighted by Crippen LogP contribution is -2.49. The molecule has 9 heteroatoms. The van der Waals surface area contributed by atoms with E-state index >= 15 is 0 Å². The van der Waals surface area contributed by atoms with Crippen LogP contribution in [0.25, 0.3) is 22.1 Å². The first-order valence-electron chi connectivity index (χ1n) is 11.4. The van der Waals surface area contributed by atoms with E-state index in [-0.39, 0.29) is 11.6 Å². The van der Waals surface area contributed by atoms with Crippen LogP contribution in [-0.2, 0) is 0 Å². The number of piperazine rings is 1. The van der Waals surface area contributed by atoms with E-state index < -0.39 is 10.5 Å². The minimum Gasteiger partial charge on any atom is -0.496 e. The number of carbonyl (C=O) groups excluding carboxylic acids is 1. The molecule has 1 fully saturated rings. The van der Waals surface area contributed by atoms with Crippen molar-refractivity contribution in [2.24, 2.45) is 0 Å². The van der Waals surface area contributed by atoms with Gasteiger partial charge in [0.2, 0.25) is 0 Å². The largest absolute Gasteiger partial charge is 0.496 e. The third kappa shape index (κ3) is 4.38. The molecule has 0 unspecified atom stereocenters. The van der Waals surface area contributed by atoms with E-state index in [0.29, 0.717) is 59.9 Å². The lowest BCUT2D eigenvalue weighted by Gasteiger charge is -2.36. The predicted molar refractivity (Wildman–Crippen MR) is 136 cm³/mol. The Morgan fingerprint density at radius 1 is 0.972 bits per heavy atom. The van der Waals surface area contributed by atoms with E-state index in [1.807, 2.05) is 17.0 Å². The molecule has 0 aliphatic carbocycles. The number of nitro groups is 1. The van der Waals surface area contributed by atoms with Crippen LogP contribution in [0.2, 0.25) is 0 Å². The van der Waals surface area contributed by atoms with Crippen molar-refractivity contribution < 1.29 is 18.9 Å². The molecule has 36 heavy (non-hydrogen) atoms. The number of hydrogen-bond donors (Lipinski definition) is 0. The van der Waals surface area contributed by atoms with E-state index in [1.54, 1.807) is 59.5 Å². The van der Waals surface area contributed by atoms with Gasteiger partial charge in [0.25, 0.3) is 11.6 Å². The SMILES string of the molecule is COc1ccc(N2CCN(C(=O)c3cccc(-c4cc5ccccc5oc4=O)c3)CC2)c([N+](=O)[O-])c1. The topological polar surface area (TPSA) is 106 Å². The summed E-state index contributed by atoms with van der Waals surface area (Å²) in [6.45, 7) is 1.72. The highest BCUT2D eigenvalue weighted by molar-refractivity contribution is 5.96. The Bertz CT molecular complexity index is 1520. The summed E-state index contributed by atoms with van der Waals surface area (Å²) in [5.41, 5.74) is 1.96. The highest BCUT2D eigenvalue weighted by Gasteiger charge is 2.27. The Morgan fingerprint density at radius 3 is 2.50 bits per heavy atom. The monoisotopic (exact) mass is 485 g/mol. The van der Waals surface area contributed by atoms with Gasteiger partial charge in [-0.3, -0.25) is 14.9 Å². The van der Waals surface area contributed by atoms with Crippen molar-refractivity contribution in [2.45, 2.75) is 0 Å². The van der Waals surface area contributed by atoms with Crippen LogP contribution in [0, 0.1) is 10.1 Å². The van der Waals surface area contributed by atoms with Gasteiger partial charge in [-0.25, -0.2) is 4.79 Å². The summed E-state index contributed by atoms with van der Waals surface area (Å²) in [6, 6.07) is 20.7. The summed E-state index contributed by atoms with van der Waals surface area (Å²) in [5.74, 6) is 0.255. The van der Waals surface area contributed by atoms with Gasteiger partial charge in [0, 0.05) is 37.1 Å². The fraction of sp³-hybridized carbons (Fsp3) is 0.185. The van der Waals surface area contributed by atoms with Crippen molar-refractivity contribution in [3.63, 3.8) is 0 Å². The first-order chi connectivity index (χ1) is 17.4. The Hall–Kier alpha value is -4.66. The molecule has 9 nitrogen and oxygen atoms in total. The molecule has 1 aromatic heterocycles. The number of para-hydroxylation sites is 1. The fourth-order valence-corrected chi connectivity index (χ4v) is 4.46. The van der Waals surface area contributed by atoms with E-state index in [1.165, 1.54) is 13.2 Å². The van der Waals surface area contributed by atoms with Crippen LogP contribution in [0.4, 0.5) is 11.4 Å². The number of fused-ring (bicyclic) bond motifs is 1. The first kappa shape index (κ1) is 23.1. The second-order valence-corrected chi connectivity index (χ2v) is 8.46. The maximum absolute atomic E-state index is 13.3. The van der Waals surface area contributed by atoms with Crippen LogP contribution in [0.5, 0.6) is 5.75 Å². The quantitative estimate of drug-likeness (QED) is 0.235. The third-order valence-corrected chi connectivity index (χ3v) is 6.35. The Balaban J connectivity index is 1.34. The minimum absolute atomic E-state index is 0.0314. The maximum Gasteiger partial charge on any atom is 0.344 e. The van der Waals surface area contributed by atoms with Gasteiger partial charge in [-0.1, -0.05) is 30.3 Å². The van der Waals surface area contributed by atoms with Crippen LogP contribution in [0.15, 0.2) is 82.0 Å². The van der Waals surface area contributed by atoms with Crippen molar-refractivity contribution >= 4 is 28.3 Å². The van der Waals surface area contributed by atoms with Gasteiger partial charge in [-0.2, -0.15) is 0 Å². The van der Waals surface area contributed by atoms with Gasteiger partial charge < -0.3 is 19.0 Å². The molecule has 182 valence electrons. The number of ether oxygens (including phenoxy) is 1. The number of rotatable bonds is 5. The lowest BCUT2D eigenvalue weighted by molar-refractivity contribution is -0.384. The zero-order chi connectivity index (χ0) is 25.2. The van der Waals surface area contributed by atoms with Crippen LogP contribution >= 0.6 is 0 Å². The zero-order valence-corrected chi connectivity index (χ0v) is 19.5. The Kier molecular flexibility index (Phi) is 6.12. The van der Waals surface area contributed by atoms with E-state index in [4.69, 9.17) is 9.15 Å². The number of nitro benzene ring substituents is 1. The van der Waals surface area contributed by atoms with Crippen LogP contribution in [0.3, 0.4) is 0 Å². The number of nitrogens with zero attached hydrogens (tertiary/aromatic N) is 3. The summed E-state index contributed by atoms with van der Waals surface area (Å²) in [4.78, 5) is 40.6. The van der Waals surface area contributed by atoms with Crippen LogP contribution < -0.4 is 15.3 Å². The number of anilines is 1. The molecule has 2 heterocycles. The lowest BCUT2D eigenvalue weighted by atomic mass is 10.0. The van der Waals surface area contributed by atoms with Gasteiger partial charge in [-0.05, 0) is 42.0 Å². The molecule has 0 radical (unpaired) electrons. The van der Waals surface area contributed by atoms with Gasteiger partial charge in [0.1, 0.15) is 17.0 Å². The van der Waals surface area contributed by atoms with Gasteiger partial charge in [0.05, 0.1) is 23.7 Å². The normalized spacial score (nSPS) is 13.6. The van der Waals surface area contributed by atoms with Crippen molar-refractivity contribution in [3.05, 3.63) is 98.9 Å². The molecule has 1 aliphatic rings. The molecule has 3 aromatic carbocycles. The second kappa shape index (κ2) is 9.53. The third-order valence-electron chi connectivity index (χ3n) is 6.35. The zero-order valence-electron chi connectivity index (χ0n) is 19.5. The molecule has 0 spiro atoms. The summed E-state index contributed by atoms with van der Waals surface area (Å²) in [5, 5.41) is 12.4. The van der Waals surface area contributed by atoms with Crippen LogP contribution in [0.1, 0.15) is 10.4 Å². The first-order valence-corrected chi connectivity index (χ1v) is 11.4. The number of benzene rings is 3. The number of amides is 1. The van der Waals surface area contributed by atoms with E-state index in [0.717, 1.165) is 5.39 Å². The van der Waals surface area contributed by atoms with Gasteiger partial charge >= 0.3 is 5.63 Å². The van der Waals surface area contributed by atoms with Crippen molar-refractivity contribution in [2.75, 3.05) is 38.2 Å². The van der Waals surface area contributed by atoms with Crippen LogP contribution in [-0.4, -0.2) is 49.0 Å². The summed E-state index contributed by atoms with van der Waals surface area (Å²) < 4.78 is 10.6. The molecule has 0 atom stereocenters. The van der Waals surface area contributed by atoms with Crippen molar-refractivity contribution in [1.82, 2.24) is 4.90 Å². The molecule has 1 saturated heterocycles. The second-order valence-electron chi connectivity index (χ2n) is 8.46. The Labute approximate surface area is 206 Å². The fourth-order valence-electron chi connectivity index (χ4n) is 4.46. The molecule has 1 amide bonds. The average molecular weight is 485 g/mol. The van der Waals surface area contributed by atoms with E-state index in [9.17, 15) is 19.7 Å². The standard InChI is InChI=1S/C27H23N3O6/c1-35-21-9-10-23(24(17-21)30(33)34)28-11-13-29(14-12-28)26(31)20-7-4-6-18(15-20)22-16-19-5-2-3-8-25(19)36-27(22)32/h2-10,15-17H,11-14H2,1H3. The van der Waals surface area contributed by atoms with Crippen molar-refractivity contribution in [1.29, 1.82) is 0 Å². The molecule has 0 N–H and O–H groups in total. The molecule has 0 bridgehead atoms. The summed E-state index contributed by atoms with van der Waals surface area (Å²) >= 11 is 0. The number of hydrogen-bond acceptors (Lipinski definition) is 7. The molecular weight excluding hydrogens is 462 g/mol.